The molecule has 2 fully saturated rings. The van der Waals surface area contributed by atoms with Crippen molar-refractivity contribution in [2.24, 2.45) is 0 Å². The first-order chi connectivity index (χ1) is 12.5. The van der Waals surface area contributed by atoms with Crippen LogP contribution in [0, 0.1) is 0 Å². The van der Waals surface area contributed by atoms with Gasteiger partial charge in [0, 0.05) is 26.0 Å². The number of hydrogen-bond donors (Lipinski definition) is 1. The van der Waals surface area contributed by atoms with Crippen molar-refractivity contribution in [1.82, 2.24) is 4.90 Å². The van der Waals surface area contributed by atoms with Gasteiger partial charge in [0.05, 0.1) is 0 Å². The van der Waals surface area contributed by atoms with Crippen LogP contribution in [0.15, 0.2) is 0 Å². The Morgan fingerprint density at radius 2 is 1.96 bits per heavy atom. The number of thioether (sulfide) groups is 1. The topological polar surface area (TPSA) is 104 Å². The van der Waals surface area contributed by atoms with Gasteiger partial charge >= 0.3 is 10.4 Å². The Hall–Kier alpha value is -0.0500. The molecule has 2 aliphatic heterocycles. The smallest absolute Gasteiger partial charge is 0.376 e. The van der Waals surface area contributed by atoms with Gasteiger partial charge in [0.1, 0.15) is 28.7 Å². The van der Waals surface area contributed by atoms with Crippen LogP contribution in [0.25, 0.3) is 0 Å². The average molecular weight is 446 g/mol. The molecule has 2 saturated heterocycles. The molecule has 5 atom stereocenters. The second-order valence-corrected chi connectivity index (χ2v) is 9.28. The minimum Gasteiger partial charge on any atom is -0.376 e. The van der Waals surface area contributed by atoms with E-state index < -0.39 is 46.9 Å². The van der Waals surface area contributed by atoms with E-state index in [1.807, 2.05) is 18.7 Å². The highest BCUT2D eigenvalue weighted by atomic mass is 32.3. The fourth-order valence-electron chi connectivity index (χ4n) is 3.13. The molecule has 0 aromatic heterocycles. The minimum absolute atomic E-state index is 0.141. The number of rotatable bonds is 8. The zero-order valence-electron chi connectivity index (χ0n) is 16.0. The summed E-state index contributed by atoms with van der Waals surface area (Å²) in [5.41, 5.74) is 0. The largest absolute Gasteiger partial charge is 0.397 e. The normalized spacial score (nSPS) is 30.9. The fraction of sp³-hybridized carbons (Fsp3) is 0.933. The van der Waals surface area contributed by atoms with E-state index in [0.717, 1.165) is 13.1 Å². The molecule has 0 aromatic carbocycles. The molecule has 12 heteroatoms. The Bertz CT molecular complexity index is 625. The van der Waals surface area contributed by atoms with Crippen LogP contribution in [0.5, 0.6) is 0 Å². The van der Waals surface area contributed by atoms with Crippen LogP contribution >= 0.6 is 24.0 Å². The number of hydrogen-bond acceptors (Lipinski definition) is 9. The number of thiocarbonyl (C=S) groups is 1. The van der Waals surface area contributed by atoms with Crippen LogP contribution in [-0.4, -0.2) is 84.6 Å². The van der Waals surface area contributed by atoms with Gasteiger partial charge in [0.15, 0.2) is 12.1 Å². The van der Waals surface area contributed by atoms with Gasteiger partial charge in [-0.15, -0.1) is 0 Å². The zero-order chi connectivity index (χ0) is 20.4. The highest BCUT2D eigenvalue weighted by Crippen LogP contribution is 2.40. The number of methoxy groups -OCH3 is 1. The zero-order valence-corrected chi connectivity index (χ0v) is 18.4. The van der Waals surface area contributed by atoms with Crippen molar-refractivity contribution in [2.45, 2.75) is 64.2 Å². The lowest BCUT2D eigenvalue weighted by atomic mass is 10.1. The van der Waals surface area contributed by atoms with Crippen LogP contribution < -0.4 is 0 Å². The summed E-state index contributed by atoms with van der Waals surface area (Å²) < 4.78 is 60.2. The molecule has 2 rings (SSSR count). The first-order valence-electron chi connectivity index (χ1n) is 8.62. The second-order valence-electron chi connectivity index (χ2n) is 6.58. The predicted octanol–water partition coefficient (Wildman–Crippen LogP) is 1.43. The lowest BCUT2D eigenvalue weighted by molar-refractivity contribution is -0.224. The van der Waals surface area contributed by atoms with Crippen LogP contribution in [0.2, 0.25) is 0 Å². The van der Waals surface area contributed by atoms with Gasteiger partial charge in [0.2, 0.25) is 0 Å². The first kappa shape index (κ1) is 23.2. The molecule has 0 unspecified atom stereocenters. The van der Waals surface area contributed by atoms with Crippen molar-refractivity contribution in [1.29, 1.82) is 0 Å². The minimum atomic E-state index is -4.71. The molecule has 0 radical (unpaired) electrons. The summed E-state index contributed by atoms with van der Waals surface area (Å²) in [6.45, 7) is 8.91. The molecule has 158 valence electrons. The van der Waals surface area contributed by atoms with Crippen molar-refractivity contribution >= 4 is 38.7 Å². The molecule has 0 amide bonds. The quantitative estimate of drug-likeness (QED) is 0.433. The number of fused-ring (bicyclic) bond motifs is 1. The van der Waals surface area contributed by atoms with E-state index in [4.69, 9.17) is 35.3 Å². The third kappa shape index (κ3) is 5.97. The molecule has 0 aromatic rings. The van der Waals surface area contributed by atoms with Gasteiger partial charge in [0.25, 0.3) is 0 Å². The molecular weight excluding hydrogens is 418 g/mol. The molecule has 9 nitrogen and oxygen atoms in total. The van der Waals surface area contributed by atoms with E-state index in [2.05, 4.69) is 0 Å². The first-order valence-corrected chi connectivity index (χ1v) is 11.4. The van der Waals surface area contributed by atoms with E-state index in [1.54, 1.807) is 13.8 Å². The van der Waals surface area contributed by atoms with Gasteiger partial charge in [-0.2, -0.15) is 8.42 Å². The van der Waals surface area contributed by atoms with E-state index in [9.17, 15) is 13.0 Å². The third-order valence-electron chi connectivity index (χ3n) is 4.30. The van der Waals surface area contributed by atoms with Crippen LogP contribution in [0.3, 0.4) is 0 Å². The van der Waals surface area contributed by atoms with E-state index in [1.165, 1.54) is 18.9 Å². The fourth-order valence-corrected chi connectivity index (χ4v) is 5.18. The Labute approximate surface area is 169 Å². The number of ether oxygens (including phenoxy) is 4. The van der Waals surface area contributed by atoms with Gasteiger partial charge in [-0.3, -0.25) is 4.55 Å². The molecule has 27 heavy (non-hydrogen) atoms. The third-order valence-corrected chi connectivity index (χ3v) is 6.41. The molecule has 0 bridgehead atoms. The molecular formula is C15H27NO8S3. The molecule has 0 aliphatic carbocycles. The van der Waals surface area contributed by atoms with E-state index in [-0.39, 0.29) is 5.75 Å². The Morgan fingerprint density at radius 3 is 2.48 bits per heavy atom. The van der Waals surface area contributed by atoms with Crippen molar-refractivity contribution in [3.8, 4) is 0 Å². The maximum atomic E-state index is 11.4. The molecule has 2 heterocycles. The van der Waals surface area contributed by atoms with E-state index in [0.29, 0.717) is 4.32 Å². The SMILES string of the molecule is CCN(CC)C(=S)SC[C@H](OS(=O)(=O)O)[C@H]1O[C@@H]2OC(C)(C)O[C@@H]2[C@H]1OC. The van der Waals surface area contributed by atoms with Crippen molar-refractivity contribution in [3.05, 3.63) is 0 Å². The van der Waals surface area contributed by atoms with Gasteiger partial charge < -0.3 is 23.8 Å². The summed E-state index contributed by atoms with van der Waals surface area (Å²) in [5.74, 6) is -0.696. The molecule has 0 saturated carbocycles. The Balaban J connectivity index is 2.13. The van der Waals surface area contributed by atoms with Crippen LogP contribution in [-0.2, 0) is 33.5 Å². The highest BCUT2D eigenvalue weighted by Gasteiger charge is 2.57. The van der Waals surface area contributed by atoms with Crippen molar-refractivity contribution < 1.29 is 36.1 Å². The summed E-state index contributed by atoms with van der Waals surface area (Å²) in [6, 6.07) is 0. The Kier molecular flexibility index (Phi) is 7.90. The molecule has 2 aliphatic rings. The summed E-state index contributed by atoms with van der Waals surface area (Å²) in [4.78, 5) is 1.96. The van der Waals surface area contributed by atoms with Gasteiger partial charge in [-0.25, -0.2) is 4.18 Å². The van der Waals surface area contributed by atoms with Crippen LogP contribution in [0.4, 0.5) is 0 Å². The lowest BCUT2D eigenvalue weighted by Gasteiger charge is -2.29. The van der Waals surface area contributed by atoms with Gasteiger partial charge in [-0.1, -0.05) is 24.0 Å². The van der Waals surface area contributed by atoms with Crippen molar-refractivity contribution in [2.75, 3.05) is 26.0 Å². The molecule has 0 spiro atoms. The van der Waals surface area contributed by atoms with Crippen LogP contribution in [0.1, 0.15) is 27.7 Å². The summed E-state index contributed by atoms with van der Waals surface area (Å²) in [5, 5.41) is 0. The lowest BCUT2D eigenvalue weighted by Crippen LogP contribution is -2.45. The van der Waals surface area contributed by atoms with Gasteiger partial charge in [-0.05, 0) is 27.7 Å². The maximum absolute atomic E-state index is 11.4. The summed E-state index contributed by atoms with van der Waals surface area (Å²) in [6.07, 6.45) is -3.75. The second kappa shape index (κ2) is 9.18. The average Bonchev–Trinajstić information content (AvgIpc) is 3.02. The Morgan fingerprint density at radius 1 is 1.33 bits per heavy atom. The van der Waals surface area contributed by atoms with E-state index >= 15 is 0 Å². The monoisotopic (exact) mass is 445 g/mol. The summed E-state index contributed by atoms with van der Waals surface area (Å²) >= 11 is 6.63. The summed E-state index contributed by atoms with van der Waals surface area (Å²) in [7, 11) is -3.24. The maximum Gasteiger partial charge on any atom is 0.397 e. The highest BCUT2D eigenvalue weighted by molar-refractivity contribution is 8.22. The van der Waals surface area contributed by atoms with Crippen molar-refractivity contribution in [3.63, 3.8) is 0 Å². The standard InChI is InChI=1S/C15H27NO8S3/c1-6-16(7-2)14(25)26-8-9(24-27(17,18)19)10-11(20-5)12-13(21-10)23-15(3,4)22-12/h9-13H,6-8H2,1-5H3,(H,17,18,19)/t9-,10+,11-,12+,13+/m0/s1. The molecule has 1 N–H and O–H groups in total. The number of nitrogens with zero attached hydrogens (tertiary/aromatic N) is 1. The predicted molar refractivity (Wildman–Crippen MR) is 104 cm³/mol.